The molecule has 0 spiro atoms. The second-order valence-corrected chi connectivity index (χ2v) is 5.79. The molecule has 0 bridgehead atoms. The zero-order valence-electron chi connectivity index (χ0n) is 11.2. The summed E-state index contributed by atoms with van der Waals surface area (Å²) in [5.41, 5.74) is 0.253. The van der Waals surface area contributed by atoms with Crippen molar-refractivity contribution in [1.29, 1.82) is 0 Å². The van der Waals surface area contributed by atoms with E-state index in [0.717, 1.165) is 25.3 Å². The third-order valence-electron chi connectivity index (χ3n) is 2.55. The van der Waals surface area contributed by atoms with E-state index in [1.807, 2.05) is 0 Å². The van der Waals surface area contributed by atoms with Crippen LogP contribution in [-0.4, -0.2) is 31.8 Å². The molecule has 0 amide bonds. The minimum Gasteiger partial charge on any atom is -0.507 e. The number of benzene rings is 1. The number of hydrogen-bond donors (Lipinski definition) is 2. The molecule has 0 unspecified atom stereocenters. The lowest BCUT2D eigenvalue weighted by Gasteiger charge is -2.07. The number of phenolic OH excluding ortho intramolecular Hbond substituents is 1. The van der Waals surface area contributed by atoms with Crippen LogP contribution in [0.15, 0.2) is 33.7 Å². The Morgan fingerprint density at radius 1 is 1.38 bits per heavy atom. The van der Waals surface area contributed by atoms with Crippen molar-refractivity contribution in [3.8, 4) is 5.75 Å². The third kappa shape index (κ3) is 3.14. The molecule has 21 heavy (non-hydrogen) atoms. The minimum absolute atomic E-state index is 0.0554. The van der Waals surface area contributed by atoms with Crippen molar-refractivity contribution in [2.24, 2.45) is 0 Å². The number of aromatic hydroxyl groups is 1. The summed E-state index contributed by atoms with van der Waals surface area (Å²) >= 11 is 0. The van der Waals surface area contributed by atoms with E-state index < -0.39 is 16.0 Å². The monoisotopic (exact) mass is 312 g/mol. The average Bonchev–Trinajstić information content (AvgIpc) is 2.82. The predicted octanol–water partition coefficient (Wildman–Crippen LogP) is 1.28. The predicted molar refractivity (Wildman–Crippen MR) is 71.5 cm³/mol. The normalized spacial score (nSPS) is 11.1. The summed E-state index contributed by atoms with van der Waals surface area (Å²) in [6.07, 6.45) is 0. The van der Waals surface area contributed by atoms with Crippen LogP contribution in [0.1, 0.15) is 16.1 Å². The van der Waals surface area contributed by atoms with E-state index in [1.165, 1.54) is 6.07 Å². The number of aromatic nitrogens is 1. The second-order valence-electron chi connectivity index (χ2n) is 4.11. The molecule has 2 rings (SSSR count). The van der Waals surface area contributed by atoms with Gasteiger partial charge in [-0.1, -0.05) is 5.16 Å². The van der Waals surface area contributed by atoms with Gasteiger partial charge in [0.25, 0.3) is 10.0 Å². The van der Waals surface area contributed by atoms with E-state index in [4.69, 9.17) is 4.52 Å². The molecule has 1 heterocycles. The lowest BCUT2D eigenvalue weighted by Crippen LogP contribution is -2.13. The zero-order valence-corrected chi connectivity index (χ0v) is 12.0. The Morgan fingerprint density at radius 2 is 2.10 bits per heavy atom. The summed E-state index contributed by atoms with van der Waals surface area (Å²) in [6, 6.07) is 4.64. The smallest absolute Gasteiger partial charge is 0.341 e. The van der Waals surface area contributed by atoms with E-state index in [1.54, 1.807) is 6.92 Å². The summed E-state index contributed by atoms with van der Waals surface area (Å²) < 4.78 is 35.7. The van der Waals surface area contributed by atoms with Crippen molar-refractivity contribution < 1.29 is 27.6 Å². The Kier molecular flexibility index (Phi) is 3.85. The lowest BCUT2D eigenvalue weighted by molar-refractivity contribution is 0.0597. The van der Waals surface area contributed by atoms with Gasteiger partial charge in [-0.25, -0.2) is 17.9 Å². The van der Waals surface area contributed by atoms with Gasteiger partial charge < -0.3 is 14.4 Å². The van der Waals surface area contributed by atoms with Crippen LogP contribution in [0.25, 0.3) is 0 Å². The molecule has 0 radical (unpaired) electrons. The first-order chi connectivity index (χ1) is 9.83. The molecule has 0 fully saturated rings. The summed E-state index contributed by atoms with van der Waals surface area (Å²) in [7, 11) is -2.86. The van der Waals surface area contributed by atoms with Crippen LogP contribution in [0.4, 0.5) is 5.88 Å². The van der Waals surface area contributed by atoms with Crippen LogP contribution in [-0.2, 0) is 14.8 Å². The van der Waals surface area contributed by atoms with Crippen molar-refractivity contribution in [2.45, 2.75) is 11.8 Å². The molecule has 0 atom stereocenters. The molecular formula is C12H12N2O6S. The van der Waals surface area contributed by atoms with Crippen LogP contribution in [0.2, 0.25) is 0 Å². The largest absolute Gasteiger partial charge is 0.507 e. The van der Waals surface area contributed by atoms with Gasteiger partial charge in [0.05, 0.1) is 17.7 Å². The Hall–Kier alpha value is -2.55. The number of methoxy groups -OCH3 is 1. The van der Waals surface area contributed by atoms with Crippen LogP contribution in [0, 0.1) is 6.92 Å². The highest BCUT2D eigenvalue weighted by atomic mass is 32.2. The van der Waals surface area contributed by atoms with Gasteiger partial charge in [-0.3, -0.25) is 0 Å². The van der Waals surface area contributed by atoms with Crippen LogP contribution < -0.4 is 4.72 Å². The molecule has 1 aromatic heterocycles. The van der Waals surface area contributed by atoms with Crippen molar-refractivity contribution in [2.75, 3.05) is 11.8 Å². The van der Waals surface area contributed by atoms with Gasteiger partial charge >= 0.3 is 5.97 Å². The number of ether oxygens (including phenoxy) is 1. The number of esters is 1. The Labute approximate surface area is 120 Å². The fraction of sp³-hybridized carbons (Fsp3) is 0.167. The molecule has 0 aliphatic heterocycles. The highest BCUT2D eigenvalue weighted by molar-refractivity contribution is 7.92. The molecule has 0 saturated carbocycles. The standard InChI is InChI=1S/C12H12N2O6S/c1-7-5-11(20-13-7)14-21(17,18)8-3-4-10(15)9(6-8)12(16)19-2/h3-6,14-15H,1-2H3. The number of nitrogens with one attached hydrogen (secondary N) is 1. The fourth-order valence-corrected chi connectivity index (χ4v) is 2.56. The number of anilines is 1. The molecule has 112 valence electrons. The van der Waals surface area contributed by atoms with E-state index >= 15 is 0 Å². The fourth-order valence-electron chi connectivity index (χ4n) is 1.56. The van der Waals surface area contributed by atoms with E-state index in [0.29, 0.717) is 5.69 Å². The van der Waals surface area contributed by atoms with E-state index in [-0.39, 0.29) is 22.1 Å². The Balaban J connectivity index is 2.38. The van der Waals surface area contributed by atoms with Crippen LogP contribution in [0.3, 0.4) is 0 Å². The molecule has 0 aliphatic rings. The summed E-state index contributed by atoms with van der Waals surface area (Å²) in [5.74, 6) is -1.28. The first-order valence-electron chi connectivity index (χ1n) is 5.71. The second kappa shape index (κ2) is 5.44. The summed E-state index contributed by atoms with van der Waals surface area (Å²) in [6.45, 7) is 1.64. The van der Waals surface area contributed by atoms with Crippen molar-refractivity contribution >= 4 is 21.9 Å². The lowest BCUT2D eigenvalue weighted by atomic mass is 10.2. The third-order valence-corrected chi connectivity index (χ3v) is 3.89. The summed E-state index contributed by atoms with van der Waals surface area (Å²) in [4.78, 5) is 11.2. The van der Waals surface area contributed by atoms with Gasteiger partial charge in [-0.05, 0) is 25.1 Å². The first-order valence-corrected chi connectivity index (χ1v) is 7.19. The molecule has 9 heteroatoms. The number of hydrogen-bond acceptors (Lipinski definition) is 7. The maximum absolute atomic E-state index is 12.2. The molecule has 8 nitrogen and oxygen atoms in total. The number of aryl methyl sites for hydroxylation is 1. The number of carbonyl (C=O) groups excluding carboxylic acids is 1. The molecular weight excluding hydrogens is 300 g/mol. The molecule has 0 aliphatic carbocycles. The maximum atomic E-state index is 12.2. The van der Waals surface area contributed by atoms with Gasteiger partial charge in [-0.15, -0.1) is 0 Å². The number of nitrogens with zero attached hydrogens (tertiary/aromatic N) is 1. The van der Waals surface area contributed by atoms with Gasteiger partial charge in [0.2, 0.25) is 5.88 Å². The van der Waals surface area contributed by atoms with Crippen LogP contribution >= 0.6 is 0 Å². The van der Waals surface area contributed by atoms with Crippen LogP contribution in [0.5, 0.6) is 5.75 Å². The number of rotatable bonds is 4. The van der Waals surface area contributed by atoms with Gasteiger partial charge in [-0.2, -0.15) is 0 Å². The molecule has 0 saturated heterocycles. The number of phenols is 1. The number of sulfonamides is 1. The summed E-state index contributed by atoms with van der Waals surface area (Å²) in [5, 5.41) is 13.1. The molecule has 2 N–H and O–H groups in total. The quantitative estimate of drug-likeness (QED) is 0.816. The van der Waals surface area contributed by atoms with E-state index in [2.05, 4.69) is 14.6 Å². The minimum atomic E-state index is -3.98. The zero-order chi connectivity index (χ0) is 15.6. The Morgan fingerprint density at radius 3 is 2.67 bits per heavy atom. The highest BCUT2D eigenvalue weighted by Crippen LogP contribution is 2.24. The van der Waals surface area contributed by atoms with Crippen molar-refractivity contribution in [3.63, 3.8) is 0 Å². The molecule has 2 aromatic rings. The SMILES string of the molecule is COC(=O)c1cc(S(=O)(=O)Nc2cc(C)no2)ccc1O. The average molecular weight is 312 g/mol. The van der Waals surface area contributed by atoms with Gasteiger partial charge in [0, 0.05) is 6.07 Å². The van der Waals surface area contributed by atoms with Gasteiger partial charge in [0.1, 0.15) is 11.3 Å². The highest BCUT2D eigenvalue weighted by Gasteiger charge is 2.21. The Bertz CT molecular complexity index is 781. The van der Waals surface area contributed by atoms with Crippen molar-refractivity contribution in [1.82, 2.24) is 5.16 Å². The topological polar surface area (TPSA) is 119 Å². The number of carbonyl (C=O) groups is 1. The first kappa shape index (κ1) is 14.9. The van der Waals surface area contributed by atoms with E-state index in [9.17, 15) is 18.3 Å². The van der Waals surface area contributed by atoms with Crippen molar-refractivity contribution in [3.05, 3.63) is 35.5 Å². The van der Waals surface area contributed by atoms with Gasteiger partial charge in [0.15, 0.2) is 0 Å². The maximum Gasteiger partial charge on any atom is 0.341 e. The molecule has 1 aromatic carbocycles.